The van der Waals surface area contributed by atoms with E-state index in [4.69, 9.17) is 0 Å². The Balaban J connectivity index is 2.12. The lowest BCUT2D eigenvalue weighted by atomic mass is 10.2. The first-order valence-electron chi connectivity index (χ1n) is 6.79. The van der Waals surface area contributed by atoms with E-state index in [2.05, 4.69) is 9.47 Å². The van der Waals surface area contributed by atoms with E-state index in [-0.39, 0.29) is 0 Å². The molecule has 0 bridgehead atoms. The van der Waals surface area contributed by atoms with E-state index in [1.165, 1.54) is 0 Å². The van der Waals surface area contributed by atoms with Gasteiger partial charge in [-0.3, -0.25) is 0 Å². The lowest BCUT2D eigenvalue weighted by molar-refractivity contribution is 0.0412. The van der Waals surface area contributed by atoms with Gasteiger partial charge in [-0.15, -0.1) is 0 Å². The fourth-order valence-electron chi connectivity index (χ4n) is 1.86. The van der Waals surface area contributed by atoms with Gasteiger partial charge in [0.05, 0.1) is 11.1 Å². The van der Waals surface area contributed by atoms with Crippen molar-refractivity contribution >= 4 is 6.16 Å². The molecule has 0 aliphatic carbocycles. The summed E-state index contributed by atoms with van der Waals surface area (Å²) < 4.78 is 139. The van der Waals surface area contributed by atoms with E-state index in [1.807, 2.05) is 0 Å². The minimum absolute atomic E-state index is 1.55. The molecule has 2 rings (SSSR count). The van der Waals surface area contributed by atoms with Crippen LogP contribution in [0.5, 0.6) is 0 Å². The Kier molecular flexibility index (Phi) is 6.04. The van der Waals surface area contributed by atoms with Crippen LogP contribution in [0.4, 0.5) is 48.7 Å². The third kappa shape index (κ3) is 3.68. The van der Waals surface area contributed by atoms with Crippen LogP contribution in [0, 0.1) is 58.2 Å². The Bertz CT molecular complexity index is 827. The highest BCUT2D eigenvalue weighted by atomic mass is 19.2. The van der Waals surface area contributed by atoms with Crippen LogP contribution in [-0.4, -0.2) is 6.16 Å². The van der Waals surface area contributed by atoms with E-state index >= 15 is 0 Å². The summed E-state index contributed by atoms with van der Waals surface area (Å²) in [5.74, 6) is -23.5. The van der Waals surface area contributed by atoms with E-state index < -0.39 is 88.7 Å². The molecule has 0 heterocycles. The molecule has 28 heavy (non-hydrogen) atoms. The van der Waals surface area contributed by atoms with E-state index in [1.54, 1.807) is 0 Å². The van der Waals surface area contributed by atoms with Crippen molar-refractivity contribution in [2.24, 2.45) is 0 Å². The lowest BCUT2D eigenvalue weighted by Gasteiger charge is -2.11. The summed E-state index contributed by atoms with van der Waals surface area (Å²) in [6, 6.07) is 0. The van der Waals surface area contributed by atoms with Crippen LogP contribution < -0.4 is 0 Å². The summed E-state index contributed by atoms with van der Waals surface area (Å²) in [4.78, 5) is 11.3. The molecule has 0 unspecified atom stereocenters. The second-order valence-corrected chi connectivity index (χ2v) is 4.92. The molecule has 0 fully saturated rings. The van der Waals surface area contributed by atoms with Crippen LogP contribution in [0.1, 0.15) is 11.1 Å². The highest BCUT2D eigenvalue weighted by Crippen LogP contribution is 2.25. The number of benzene rings is 2. The molecule has 0 amide bonds. The number of hydrogen-bond donors (Lipinski definition) is 0. The first kappa shape index (κ1) is 21.3. The lowest BCUT2D eigenvalue weighted by Crippen LogP contribution is -2.14. The monoisotopic (exact) mass is 422 g/mol. The number of rotatable bonds is 4. The van der Waals surface area contributed by atoms with Gasteiger partial charge in [0.2, 0.25) is 11.6 Å². The molecule has 0 spiro atoms. The molecule has 0 radical (unpaired) electrons. The first-order valence-corrected chi connectivity index (χ1v) is 6.79. The van der Waals surface area contributed by atoms with Gasteiger partial charge < -0.3 is 9.47 Å². The van der Waals surface area contributed by atoms with Crippen LogP contribution in [-0.2, 0) is 22.7 Å². The van der Waals surface area contributed by atoms with Gasteiger partial charge in [-0.2, -0.15) is 0 Å². The zero-order valence-electron chi connectivity index (χ0n) is 12.9. The Hall–Kier alpha value is -2.99. The molecule has 0 atom stereocenters. The normalized spacial score (nSPS) is 10.9. The predicted molar refractivity (Wildman–Crippen MR) is 67.4 cm³/mol. The average molecular weight is 422 g/mol. The standard InChI is InChI=1S/C15H4F10O3/c16-5-3(6(17)10(21)13(24)9(5)20)1-27-15(26)28-2-4-7(18)11(22)14(25)12(23)8(4)19/h1-2H2. The third-order valence-electron chi connectivity index (χ3n) is 3.27. The molecule has 2 aromatic carbocycles. The Morgan fingerprint density at radius 1 is 0.464 bits per heavy atom. The molecule has 0 aliphatic rings. The van der Waals surface area contributed by atoms with Gasteiger partial charge in [0.1, 0.15) is 13.2 Å². The molecule has 0 saturated heterocycles. The van der Waals surface area contributed by atoms with Crippen molar-refractivity contribution < 1.29 is 58.2 Å². The number of carbonyl (C=O) groups is 1. The van der Waals surface area contributed by atoms with Crippen molar-refractivity contribution in [3.8, 4) is 0 Å². The molecule has 0 N–H and O–H groups in total. The predicted octanol–water partition coefficient (Wildman–Crippen LogP) is 4.93. The largest absolute Gasteiger partial charge is 0.508 e. The van der Waals surface area contributed by atoms with E-state index in [9.17, 15) is 48.7 Å². The molecule has 2 aromatic rings. The van der Waals surface area contributed by atoms with Crippen LogP contribution >= 0.6 is 0 Å². The molecule has 0 saturated carbocycles. The molecule has 0 aromatic heterocycles. The van der Waals surface area contributed by atoms with Gasteiger partial charge >= 0.3 is 6.16 Å². The van der Waals surface area contributed by atoms with Gasteiger partial charge in [-0.25, -0.2) is 48.7 Å². The van der Waals surface area contributed by atoms with Crippen LogP contribution in [0.3, 0.4) is 0 Å². The van der Waals surface area contributed by atoms with Gasteiger partial charge in [0, 0.05) is 0 Å². The van der Waals surface area contributed by atoms with Gasteiger partial charge in [-0.05, 0) is 0 Å². The Morgan fingerprint density at radius 2 is 0.679 bits per heavy atom. The summed E-state index contributed by atoms with van der Waals surface area (Å²) in [5.41, 5.74) is -3.13. The summed E-state index contributed by atoms with van der Waals surface area (Å²) >= 11 is 0. The SMILES string of the molecule is O=C(OCc1c(F)c(F)c(F)c(F)c1F)OCc1c(F)c(F)c(F)c(F)c1F. The van der Waals surface area contributed by atoms with Gasteiger partial charge in [0.25, 0.3) is 0 Å². The van der Waals surface area contributed by atoms with Crippen molar-refractivity contribution in [1.82, 2.24) is 0 Å². The van der Waals surface area contributed by atoms with E-state index in [0.29, 0.717) is 0 Å². The molecule has 152 valence electrons. The van der Waals surface area contributed by atoms with Crippen molar-refractivity contribution in [3.63, 3.8) is 0 Å². The second kappa shape index (κ2) is 7.94. The zero-order chi connectivity index (χ0) is 21.3. The summed E-state index contributed by atoms with van der Waals surface area (Å²) in [7, 11) is 0. The minimum Gasteiger partial charge on any atom is -0.429 e. The summed E-state index contributed by atoms with van der Waals surface area (Å²) in [6.07, 6.45) is -1.96. The molecular formula is C15H4F10O3. The fourth-order valence-corrected chi connectivity index (χ4v) is 1.86. The first-order chi connectivity index (χ1) is 13.0. The maximum Gasteiger partial charge on any atom is 0.508 e. The van der Waals surface area contributed by atoms with Gasteiger partial charge in [-0.1, -0.05) is 0 Å². The van der Waals surface area contributed by atoms with Crippen molar-refractivity contribution in [1.29, 1.82) is 0 Å². The molecular weight excluding hydrogens is 418 g/mol. The second-order valence-electron chi connectivity index (χ2n) is 4.92. The van der Waals surface area contributed by atoms with Gasteiger partial charge in [0.15, 0.2) is 46.5 Å². The van der Waals surface area contributed by atoms with Crippen molar-refractivity contribution in [2.45, 2.75) is 13.2 Å². The van der Waals surface area contributed by atoms with Crippen LogP contribution in [0.25, 0.3) is 0 Å². The number of hydrogen-bond acceptors (Lipinski definition) is 3. The number of carbonyl (C=O) groups excluding carboxylic acids is 1. The van der Waals surface area contributed by atoms with Crippen molar-refractivity contribution in [3.05, 3.63) is 69.3 Å². The average Bonchev–Trinajstić information content (AvgIpc) is 2.67. The molecule has 3 nitrogen and oxygen atoms in total. The summed E-state index contributed by atoms with van der Waals surface area (Å²) in [6.45, 7) is -3.11. The van der Waals surface area contributed by atoms with E-state index in [0.717, 1.165) is 0 Å². The highest BCUT2D eigenvalue weighted by molar-refractivity contribution is 5.60. The maximum atomic E-state index is 13.4. The van der Waals surface area contributed by atoms with Crippen LogP contribution in [0.2, 0.25) is 0 Å². The molecule has 0 aliphatic heterocycles. The number of ether oxygens (including phenoxy) is 2. The fraction of sp³-hybridized carbons (Fsp3) is 0.133. The maximum absolute atomic E-state index is 13.4. The third-order valence-corrected chi connectivity index (χ3v) is 3.27. The quantitative estimate of drug-likeness (QED) is 0.304. The van der Waals surface area contributed by atoms with Crippen molar-refractivity contribution in [2.75, 3.05) is 0 Å². The minimum atomic E-state index is -2.47. The number of halogens is 10. The highest BCUT2D eigenvalue weighted by Gasteiger charge is 2.28. The molecule has 13 heteroatoms. The topological polar surface area (TPSA) is 35.5 Å². The summed E-state index contributed by atoms with van der Waals surface area (Å²) in [5, 5.41) is 0. The zero-order valence-corrected chi connectivity index (χ0v) is 12.9. The van der Waals surface area contributed by atoms with Crippen LogP contribution in [0.15, 0.2) is 0 Å². The smallest absolute Gasteiger partial charge is 0.429 e. The Labute approximate surface area is 148 Å². The Morgan fingerprint density at radius 3 is 0.929 bits per heavy atom.